The van der Waals surface area contributed by atoms with Crippen LogP contribution < -0.4 is 9.47 Å². The van der Waals surface area contributed by atoms with Gasteiger partial charge in [-0.25, -0.2) is 8.42 Å². The van der Waals surface area contributed by atoms with Crippen LogP contribution in [0.4, 0.5) is 0 Å². The van der Waals surface area contributed by atoms with E-state index in [9.17, 15) is 8.42 Å². The van der Waals surface area contributed by atoms with Crippen molar-refractivity contribution in [1.29, 1.82) is 0 Å². The van der Waals surface area contributed by atoms with E-state index in [-0.39, 0.29) is 5.75 Å². The summed E-state index contributed by atoms with van der Waals surface area (Å²) in [6.07, 6.45) is 0.653. The molecular formula is C11H12BrClO4S. The first kappa shape index (κ1) is 14.0. The molecule has 7 heteroatoms. The maximum absolute atomic E-state index is 11.2. The molecule has 0 aromatic heterocycles. The molecule has 4 nitrogen and oxygen atoms in total. The van der Waals surface area contributed by atoms with Gasteiger partial charge in [0.2, 0.25) is 9.05 Å². The first-order valence-electron chi connectivity index (χ1n) is 5.44. The Morgan fingerprint density at radius 3 is 2.50 bits per heavy atom. The van der Waals surface area contributed by atoms with Crippen molar-refractivity contribution in [2.75, 3.05) is 13.2 Å². The Bertz CT molecular complexity index is 571. The van der Waals surface area contributed by atoms with Crippen LogP contribution in [-0.2, 0) is 21.2 Å². The predicted molar refractivity (Wildman–Crippen MR) is 73.0 cm³/mol. The maximum Gasteiger partial charge on any atom is 0.236 e. The quantitative estimate of drug-likeness (QED) is 0.782. The minimum Gasteiger partial charge on any atom is -0.486 e. The summed E-state index contributed by atoms with van der Waals surface area (Å²) in [6, 6.07) is 1.73. The molecule has 0 N–H and O–H groups in total. The average Bonchev–Trinajstić information content (AvgIpc) is 2.27. The Labute approximate surface area is 119 Å². The molecular weight excluding hydrogens is 344 g/mol. The molecule has 1 aliphatic rings. The van der Waals surface area contributed by atoms with E-state index in [1.54, 1.807) is 6.07 Å². The molecule has 0 aliphatic carbocycles. The van der Waals surface area contributed by atoms with Gasteiger partial charge in [-0.2, -0.15) is 0 Å². The fraction of sp³-hybridized carbons (Fsp3) is 0.455. The molecule has 0 radical (unpaired) electrons. The van der Waals surface area contributed by atoms with Gasteiger partial charge in [0.15, 0.2) is 11.5 Å². The van der Waals surface area contributed by atoms with Crippen LogP contribution in [0.25, 0.3) is 0 Å². The van der Waals surface area contributed by atoms with Crippen LogP contribution in [0.15, 0.2) is 10.5 Å². The fourth-order valence-corrected chi connectivity index (χ4v) is 3.53. The molecule has 0 fully saturated rings. The zero-order valence-electron chi connectivity index (χ0n) is 9.70. The summed E-state index contributed by atoms with van der Waals surface area (Å²) < 4.78 is 34.3. The SMILES string of the molecule is CCc1c(CS(=O)(=O)Cl)cc(Br)c2c1OCCO2. The van der Waals surface area contributed by atoms with Crippen LogP contribution in [0.3, 0.4) is 0 Å². The average molecular weight is 356 g/mol. The zero-order chi connectivity index (χ0) is 13.3. The van der Waals surface area contributed by atoms with E-state index in [0.29, 0.717) is 41.2 Å². The largest absolute Gasteiger partial charge is 0.486 e. The van der Waals surface area contributed by atoms with E-state index in [2.05, 4.69) is 15.9 Å². The molecule has 0 saturated heterocycles. The van der Waals surface area contributed by atoms with Gasteiger partial charge in [-0.15, -0.1) is 0 Å². The Balaban J connectivity index is 2.57. The number of hydrogen-bond acceptors (Lipinski definition) is 4. The minimum atomic E-state index is -3.60. The van der Waals surface area contributed by atoms with Crippen molar-refractivity contribution in [2.45, 2.75) is 19.1 Å². The minimum absolute atomic E-state index is 0.215. The van der Waals surface area contributed by atoms with Crippen LogP contribution in [-0.4, -0.2) is 21.6 Å². The molecule has 1 aromatic carbocycles. The number of ether oxygens (including phenoxy) is 2. The molecule has 1 heterocycles. The van der Waals surface area contributed by atoms with Crippen LogP contribution in [0, 0.1) is 0 Å². The third-order valence-electron chi connectivity index (χ3n) is 2.64. The van der Waals surface area contributed by atoms with Gasteiger partial charge in [-0.1, -0.05) is 6.92 Å². The second-order valence-corrected chi connectivity index (χ2v) is 7.52. The summed E-state index contributed by atoms with van der Waals surface area (Å²) in [5.41, 5.74) is 1.47. The number of rotatable bonds is 3. The van der Waals surface area contributed by atoms with Crippen molar-refractivity contribution in [3.63, 3.8) is 0 Å². The highest BCUT2D eigenvalue weighted by Crippen LogP contribution is 2.43. The van der Waals surface area contributed by atoms with Gasteiger partial charge in [0, 0.05) is 16.2 Å². The first-order valence-corrected chi connectivity index (χ1v) is 8.71. The van der Waals surface area contributed by atoms with Crippen molar-refractivity contribution in [1.82, 2.24) is 0 Å². The molecule has 0 saturated carbocycles. The van der Waals surface area contributed by atoms with E-state index < -0.39 is 9.05 Å². The lowest BCUT2D eigenvalue weighted by Gasteiger charge is -2.23. The van der Waals surface area contributed by atoms with Crippen molar-refractivity contribution >= 4 is 35.7 Å². The molecule has 0 spiro atoms. The van der Waals surface area contributed by atoms with Gasteiger partial charge in [-0.05, 0) is 34.0 Å². The highest BCUT2D eigenvalue weighted by Gasteiger charge is 2.23. The van der Waals surface area contributed by atoms with Crippen molar-refractivity contribution in [3.05, 3.63) is 21.7 Å². The van der Waals surface area contributed by atoms with Gasteiger partial charge in [0.25, 0.3) is 0 Å². The number of halogens is 2. The number of fused-ring (bicyclic) bond motifs is 1. The zero-order valence-corrected chi connectivity index (χ0v) is 12.9. The van der Waals surface area contributed by atoms with Crippen LogP contribution in [0.2, 0.25) is 0 Å². The van der Waals surface area contributed by atoms with E-state index in [1.165, 1.54) is 0 Å². The third kappa shape index (κ3) is 2.92. The molecule has 0 atom stereocenters. The topological polar surface area (TPSA) is 52.6 Å². The molecule has 0 unspecified atom stereocenters. The van der Waals surface area contributed by atoms with Gasteiger partial charge in [0.1, 0.15) is 13.2 Å². The summed E-state index contributed by atoms with van der Waals surface area (Å²) >= 11 is 3.36. The van der Waals surface area contributed by atoms with Gasteiger partial charge >= 0.3 is 0 Å². The molecule has 100 valence electrons. The Hall–Kier alpha value is -0.460. The van der Waals surface area contributed by atoms with E-state index in [1.807, 2.05) is 6.92 Å². The normalized spacial score (nSPS) is 14.6. The number of benzene rings is 1. The molecule has 2 rings (SSSR count). The van der Waals surface area contributed by atoms with Crippen LogP contribution in [0.5, 0.6) is 11.5 Å². The van der Waals surface area contributed by atoms with Gasteiger partial charge < -0.3 is 9.47 Å². The lowest BCUT2D eigenvalue weighted by atomic mass is 10.0. The van der Waals surface area contributed by atoms with Crippen molar-refractivity contribution in [2.24, 2.45) is 0 Å². The van der Waals surface area contributed by atoms with Crippen LogP contribution in [0.1, 0.15) is 18.1 Å². The second kappa shape index (κ2) is 5.27. The summed E-state index contributed by atoms with van der Waals surface area (Å²) in [5, 5.41) is 0. The smallest absolute Gasteiger partial charge is 0.236 e. The van der Waals surface area contributed by atoms with E-state index in [4.69, 9.17) is 20.2 Å². The lowest BCUT2D eigenvalue weighted by Crippen LogP contribution is -2.18. The lowest BCUT2D eigenvalue weighted by molar-refractivity contribution is 0.168. The maximum atomic E-state index is 11.2. The summed E-state index contributed by atoms with van der Waals surface area (Å²) in [5.74, 6) is 1.04. The van der Waals surface area contributed by atoms with E-state index in [0.717, 1.165) is 5.56 Å². The fourth-order valence-electron chi connectivity index (χ4n) is 1.97. The molecule has 0 bridgehead atoms. The van der Waals surface area contributed by atoms with Gasteiger partial charge in [0.05, 0.1) is 10.2 Å². The highest BCUT2D eigenvalue weighted by molar-refractivity contribution is 9.10. The molecule has 0 amide bonds. The summed E-state index contributed by atoms with van der Waals surface area (Å²) in [4.78, 5) is 0. The third-order valence-corrected chi connectivity index (χ3v) is 4.22. The Kier molecular flexibility index (Phi) is 4.08. The van der Waals surface area contributed by atoms with Crippen molar-refractivity contribution < 1.29 is 17.9 Å². The second-order valence-electron chi connectivity index (χ2n) is 3.89. The molecule has 1 aliphatic heterocycles. The standard InChI is InChI=1S/C11H12BrClO4S/c1-2-8-7(6-18(13,14)15)5-9(12)11-10(8)16-3-4-17-11/h5H,2-4,6H2,1H3. The monoisotopic (exact) mass is 354 g/mol. The Morgan fingerprint density at radius 1 is 1.33 bits per heavy atom. The number of hydrogen-bond donors (Lipinski definition) is 0. The first-order chi connectivity index (χ1) is 8.42. The Morgan fingerprint density at radius 2 is 1.94 bits per heavy atom. The van der Waals surface area contributed by atoms with Crippen LogP contribution >= 0.6 is 26.6 Å². The predicted octanol–water partition coefficient (Wildman–Crippen LogP) is 2.85. The van der Waals surface area contributed by atoms with Gasteiger partial charge in [-0.3, -0.25) is 0 Å². The summed E-state index contributed by atoms with van der Waals surface area (Å²) in [7, 11) is 1.72. The summed E-state index contributed by atoms with van der Waals surface area (Å²) in [6.45, 7) is 2.89. The van der Waals surface area contributed by atoms with Crippen molar-refractivity contribution in [3.8, 4) is 11.5 Å². The molecule has 18 heavy (non-hydrogen) atoms. The molecule has 1 aromatic rings. The van der Waals surface area contributed by atoms with E-state index >= 15 is 0 Å². The highest BCUT2D eigenvalue weighted by atomic mass is 79.9.